The van der Waals surface area contributed by atoms with Crippen molar-refractivity contribution < 1.29 is 23.1 Å². The number of sulfone groups is 1. The zero-order valence-electron chi connectivity index (χ0n) is 14.0. The Labute approximate surface area is 138 Å². The minimum Gasteiger partial charge on any atom is -0.497 e. The molecule has 0 fully saturated rings. The molecule has 0 aliphatic rings. The first-order valence-electron chi connectivity index (χ1n) is 7.97. The van der Waals surface area contributed by atoms with Crippen LogP contribution < -0.4 is 4.74 Å². The normalized spacial score (nSPS) is 14.2. The third-order valence-electron chi connectivity index (χ3n) is 4.28. The Kier molecular flexibility index (Phi) is 7.06. The van der Waals surface area contributed by atoms with Crippen LogP contribution in [-0.2, 0) is 14.6 Å². The van der Waals surface area contributed by atoms with Gasteiger partial charge in [-0.05, 0) is 37.1 Å². The van der Waals surface area contributed by atoms with Gasteiger partial charge in [-0.2, -0.15) is 0 Å². The Hall–Kier alpha value is -1.56. The Morgan fingerprint density at radius 2 is 1.74 bits per heavy atom. The Balaban J connectivity index is 3.19. The lowest BCUT2D eigenvalue weighted by molar-refractivity contribution is -0.140. The SMILES string of the molecule is CCCCCCC(CC)(C(=O)O)S(=O)(=O)c1ccc(OC)cc1. The Morgan fingerprint density at radius 3 is 2.17 bits per heavy atom. The number of hydrogen-bond acceptors (Lipinski definition) is 4. The third kappa shape index (κ3) is 4.05. The summed E-state index contributed by atoms with van der Waals surface area (Å²) in [5.41, 5.74) is 0. The van der Waals surface area contributed by atoms with Gasteiger partial charge < -0.3 is 9.84 Å². The molecule has 0 aliphatic carbocycles. The Morgan fingerprint density at radius 1 is 1.13 bits per heavy atom. The van der Waals surface area contributed by atoms with Crippen LogP contribution in [0, 0.1) is 0 Å². The Bertz CT molecular complexity index is 606. The number of methoxy groups -OCH3 is 1. The summed E-state index contributed by atoms with van der Waals surface area (Å²) in [5.74, 6) is -0.739. The van der Waals surface area contributed by atoms with Crippen molar-refractivity contribution in [3.8, 4) is 5.75 Å². The number of rotatable bonds is 10. The van der Waals surface area contributed by atoms with Crippen molar-refractivity contribution in [3.05, 3.63) is 24.3 Å². The lowest BCUT2D eigenvalue weighted by Crippen LogP contribution is -2.46. The van der Waals surface area contributed by atoms with Gasteiger partial charge in [-0.25, -0.2) is 8.42 Å². The van der Waals surface area contributed by atoms with Crippen LogP contribution in [0.3, 0.4) is 0 Å². The minimum absolute atomic E-state index is 0.0260. The van der Waals surface area contributed by atoms with E-state index < -0.39 is 20.6 Å². The summed E-state index contributed by atoms with van der Waals surface area (Å²) < 4.78 is 29.2. The maximum Gasteiger partial charge on any atom is 0.325 e. The number of hydrogen-bond donors (Lipinski definition) is 1. The van der Waals surface area contributed by atoms with Gasteiger partial charge in [0.2, 0.25) is 0 Å². The second-order valence-corrected chi connectivity index (χ2v) is 7.90. The molecule has 0 aromatic heterocycles. The molecular formula is C17H26O5S. The van der Waals surface area contributed by atoms with Gasteiger partial charge in [0.25, 0.3) is 0 Å². The van der Waals surface area contributed by atoms with Crippen LogP contribution in [0.15, 0.2) is 29.2 Å². The van der Waals surface area contributed by atoms with E-state index in [1.807, 2.05) is 0 Å². The highest BCUT2D eigenvalue weighted by Crippen LogP contribution is 2.35. The second-order valence-electron chi connectivity index (χ2n) is 5.64. The number of aliphatic carboxylic acids is 1. The largest absolute Gasteiger partial charge is 0.497 e. The molecule has 0 aliphatic heterocycles. The highest BCUT2D eigenvalue weighted by Gasteiger charge is 2.49. The van der Waals surface area contributed by atoms with Crippen LogP contribution in [-0.4, -0.2) is 31.4 Å². The number of carboxylic acid groups (broad SMARTS) is 1. The molecule has 0 spiro atoms. The molecule has 1 unspecified atom stereocenters. The summed E-state index contributed by atoms with van der Waals surface area (Å²) >= 11 is 0. The van der Waals surface area contributed by atoms with Crippen LogP contribution in [0.4, 0.5) is 0 Å². The molecule has 6 heteroatoms. The topological polar surface area (TPSA) is 80.7 Å². The predicted molar refractivity (Wildman–Crippen MR) is 89.6 cm³/mol. The van der Waals surface area contributed by atoms with Crippen molar-refractivity contribution >= 4 is 15.8 Å². The molecule has 5 nitrogen and oxygen atoms in total. The van der Waals surface area contributed by atoms with Crippen molar-refractivity contribution in [1.29, 1.82) is 0 Å². The second kappa shape index (κ2) is 8.34. The highest BCUT2D eigenvalue weighted by atomic mass is 32.2. The van der Waals surface area contributed by atoms with E-state index in [9.17, 15) is 18.3 Å². The lowest BCUT2D eigenvalue weighted by Gasteiger charge is -2.28. The lowest BCUT2D eigenvalue weighted by atomic mass is 9.97. The molecule has 1 aromatic carbocycles. The van der Waals surface area contributed by atoms with E-state index in [-0.39, 0.29) is 17.7 Å². The number of carbonyl (C=O) groups is 1. The van der Waals surface area contributed by atoms with Gasteiger partial charge in [-0.1, -0.05) is 39.5 Å². The van der Waals surface area contributed by atoms with Gasteiger partial charge in [-0.15, -0.1) is 0 Å². The molecule has 0 saturated heterocycles. The van der Waals surface area contributed by atoms with E-state index in [4.69, 9.17) is 4.74 Å². The number of unbranched alkanes of at least 4 members (excludes halogenated alkanes) is 3. The summed E-state index contributed by atoms with van der Waals surface area (Å²) in [6, 6.07) is 5.89. The summed E-state index contributed by atoms with van der Waals surface area (Å²) in [4.78, 5) is 11.9. The fourth-order valence-corrected chi connectivity index (χ4v) is 4.66. The number of carboxylic acids is 1. The van der Waals surface area contributed by atoms with Gasteiger partial charge in [0.05, 0.1) is 12.0 Å². The minimum atomic E-state index is -3.98. The van der Waals surface area contributed by atoms with Crippen LogP contribution in [0.5, 0.6) is 5.75 Å². The van der Waals surface area contributed by atoms with E-state index in [1.165, 1.54) is 31.4 Å². The monoisotopic (exact) mass is 342 g/mol. The zero-order valence-corrected chi connectivity index (χ0v) is 14.9. The molecule has 130 valence electrons. The fraction of sp³-hybridized carbons (Fsp3) is 0.588. The van der Waals surface area contributed by atoms with Crippen molar-refractivity contribution in [1.82, 2.24) is 0 Å². The maximum atomic E-state index is 13.0. The number of benzene rings is 1. The summed E-state index contributed by atoms with van der Waals surface area (Å²) in [7, 11) is -2.49. The molecule has 1 rings (SSSR count). The number of ether oxygens (including phenoxy) is 1. The van der Waals surface area contributed by atoms with Crippen molar-refractivity contribution in [3.63, 3.8) is 0 Å². The molecule has 0 saturated carbocycles. The van der Waals surface area contributed by atoms with E-state index in [0.29, 0.717) is 12.2 Å². The van der Waals surface area contributed by atoms with Gasteiger partial charge in [0.15, 0.2) is 14.6 Å². The average molecular weight is 342 g/mol. The van der Waals surface area contributed by atoms with Gasteiger partial charge >= 0.3 is 5.97 Å². The molecule has 23 heavy (non-hydrogen) atoms. The standard InChI is InChI=1S/C17H26O5S/c1-4-6-7-8-13-17(5-2,16(18)19)23(20,21)15-11-9-14(22-3)10-12-15/h9-12H,4-8,13H2,1-3H3,(H,18,19). The highest BCUT2D eigenvalue weighted by molar-refractivity contribution is 7.93. The summed E-state index contributed by atoms with van der Waals surface area (Å²) in [6.07, 6.45) is 3.59. The van der Waals surface area contributed by atoms with Crippen molar-refractivity contribution in [2.75, 3.05) is 7.11 Å². The van der Waals surface area contributed by atoms with Crippen LogP contribution in [0.1, 0.15) is 52.4 Å². The first-order valence-corrected chi connectivity index (χ1v) is 9.46. The van der Waals surface area contributed by atoms with Crippen molar-refractivity contribution in [2.24, 2.45) is 0 Å². The van der Waals surface area contributed by atoms with Crippen LogP contribution in [0.25, 0.3) is 0 Å². The molecule has 0 amide bonds. The molecule has 0 heterocycles. The van der Waals surface area contributed by atoms with E-state index in [1.54, 1.807) is 6.92 Å². The third-order valence-corrected chi connectivity index (χ3v) is 6.87. The van der Waals surface area contributed by atoms with Gasteiger partial charge in [-0.3, -0.25) is 4.79 Å². The smallest absolute Gasteiger partial charge is 0.325 e. The summed E-state index contributed by atoms with van der Waals surface area (Å²) in [5, 5.41) is 9.67. The predicted octanol–water partition coefficient (Wildman–Crippen LogP) is 3.67. The molecule has 1 atom stereocenters. The van der Waals surface area contributed by atoms with Gasteiger partial charge in [0.1, 0.15) is 5.75 Å². The van der Waals surface area contributed by atoms with Crippen LogP contribution in [0.2, 0.25) is 0 Å². The molecule has 0 bridgehead atoms. The van der Waals surface area contributed by atoms with E-state index >= 15 is 0 Å². The maximum absolute atomic E-state index is 13.0. The molecule has 0 radical (unpaired) electrons. The molecular weight excluding hydrogens is 316 g/mol. The average Bonchev–Trinajstić information content (AvgIpc) is 2.54. The van der Waals surface area contributed by atoms with E-state index in [2.05, 4.69) is 6.92 Å². The first kappa shape index (κ1) is 19.5. The first-order chi connectivity index (χ1) is 10.9. The summed E-state index contributed by atoms with van der Waals surface area (Å²) in [6.45, 7) is 3.67. The van der Waals surface area contributed by atoms with E-state index in [0.717, 1.165) is 19.3 Å². The zero-order chi connectivity index (χ0) is 17.5. The van der Waals surface area contributed by atoms with Crippen LogP contribution >= 0.6 is 0 Å². The van der Waals surface area contributed by atoms with Crippen molar-refractivity contribution in [2.45, 2.75) is 62.0 Å². The molecule has 1 aromatic rings. The quantitative estimate of drug-likeness (QED) is 0.656. The molecule has 1 N–H and O–H groups in total. The fourth-order valence-electron chi connectivity index (χ4n) is 2.69. The van der Waals surface area contributed by atoms with Gasteiger partial charge in [0, 0.05) is 0 Å².